The first-order chi connectivity index (χ1) is 6.94. The van der Waals surface area contributed by atoms with Crippen molar-refractivity contribution in [2.75, 3.05) is 6.54 Å². The van der Waals surface area contributed by atoms with Gasteiger partial charge in [-0.15, -0.1) is 11.3 Å². The van der Waals surface area contributed by atoms with Gasteiger partial charge in [-0.25, -0.2) is 0 Å². The molecule has 0 spiro atoms. The molecule has 2 N–H and O–H groups in total. The van der Waals surface area contributed by atoms with E-state index in [9.17, 15) is 0 Å². The first-order valence-electron chi connectivity index (χ1n) is 5.08. The molecule has 0 aromatic carbocycles. The Morgan fingerprint density at radius 3 is 2.47 bits per heavy atom. The molecule has 86 valence electrons. The number of hydrogen-bond acceptors (Lipinski definition) is 2. The molecule has 1 rings (SSSR count). The summed E-state index contributed by atoms with van der Waals surface area (Å²) in [5.74, 6) is 0. The van der Waals surface area contributed by atoms with Crippen molar-refractivity contribution in [1.29, 1.82) is 0 Å². The fourth-order valence-corrected chi connectivity index (χ4v) is 4.45. The molecule has 0 aliphatic rings. The zero-order valence-corrected chi connectivity index (χ0v) is 13.1. The number of aryl methyl sites for hydroxylation is 1. The highest BCUT2D eigenvalue weighted by Gasteiger charge is 2.17. The SMILES string of the molecule is CC(C)(CCN)CCc1cc(Br)sc1Br. The summed E-state index contributed by atoms with van der Waals surface area (Å²) in [7, 11) is 0. The van der Waals surface area contributed by atoms with Gasteiger partial charge in [0.2, 0.25) is 0 Å². The van der Waals surface area contributed by atoms with Crippen LogP contribution in [0.4, 0.5) is 0 Å². The zero-order chi connectivity index (χ0) is 11.5. The van der Waals surface area contributed by atoms with Crippen LogP contribution >= 0.6 is 43.2 Å². The Labute approximate surface area is 113 Å². The average Bonchev–Trinajstić information content (AvgIpc) is 2.42. The molecular weight excluding hydrogens is 338 g/mol. The van der Waals surface area contributed by atoms with E-state index in [2.05, 4.69) is 51.8 Å². The second kappa shape index (κ2) is 5.80. The lowest BCUT2D eigenvalue weighted by Crippen LogP contribution is -2.17. The van der Waals surface area contributed by atoms with E-state index < -0.39 is 0 Å². The van der Waals surface area contributed by atoms with Crippen LogP contribution < -0.4 is 5.73 Å². The van der Waals surface area contributed by atoms with Crippen molar-refractivity contribution in [3.8, 4) is 0 Å². The lowest BCUT2D eigenvalue weighted by molar-refractivity contribution is 0.313. The smallest absolute Gasteiger partial charge is 0.0742 e. The minimum atomic E-state index is 0.350. The number of halogens is 2. The third-order valence-corrected chi connectivity index (χ3v) is 5.08. The first kappa shape index (κ1) is 13.7. The number of nitrogens with two attached hydrogens (primary N) is 1. The first-order valence-corrected chi connectivity index (χ1v) is 7.48. The molecule has 0 saturated heterocycles. The maximum absolute atomic E-state index is 5.60. The maximum atomic E-state index is 5.60. The Hall–Kier alpha value is 0.620. The molecular formula is C11H17Br2NS. The highest BCUT2D eigenvalue weighted by Crippen LogP contribution is 2.35. The number of rotatable bonds is 5. The predicted molar refractivity (Wildman–Crippen MR) is 75.5 cm³/mol. The normalized spacial score (nSPS) is 12.1. The number of thiophene rings is 1. The van der Waals surface area contributed by atoms with Crippen molar-refractivity contribution < 1.29 is 0 Å². The Balaban J connectivity index is 2.53. The van der Waals surface area contributed by atoms with E-state index >= 15 is 0 Å². The quantitative estimate of drug-likeness (QED) is 0.822. The van der Waals surface area contributed by atoms with Crippen molar-refractivity contribution in [1.82, 2.24) is 0 Å². The molecule has 4 heteroatoms. The molecule has 0 atom stereocenters. The lowest BCUT2D eigenvalue weighted by atomic mass is 9.83. The van der Waals surface area contributed by atoms with E-state index in [1.807, 2.05) is 0 Å². The van der Waals surface area contributed by atoms with Gasteiger partial charge in [0.05, 0.1) is 7.57 Å². The van der Waals surface area contributed by atoms with Gasteiger partial charge in [-0.3, -0.25) is 0 Å². The van der Waals surface area contributed by atoms with Crippen molar-refractivity contribution in [2.24, 2.45) is 11.1 Å². The van der Waals surface area contributed by atoms with Gasteiger partial charge in [0.1, 0.15) is 0 Å². The Kier molecular flexibility index (Phi) is 5.29. The van der Waals surface area contributed by atoms with E-state index in [1.165, 1.54) is 19.6 Å². The second-order valence-electron chi connectivity index (χ2n) is 4.55. The summed E-state index contributed by atoms with van der Waals surface area (Å²) in [5.41, 5.74) is 7.35. The summed E-state index contributed by atoms with van der Waals surface area (Å²) in [4.78, 5) is 0. The largest absolute Gasteiger partial charge is 0.330 e. The molecule has 1 nitrogen and oxygen atoms in total. The minimum Gasteiger partial charge on any atom is -0.330 e. The molecule has 1 aromatic heterocycles. The summed E-state index contributed by atoms with van der Waals surface area (Å²) >= 11 is 8.83. The van der Waals surface area contributed by atoms with Crippen LogP contribution in [0.2, 0.25) is 0 Å². The zero-order valence-electron chi connectivity index (χ0n) is 9.15. The van der Waals surface area contributed by atoms with Crippen molar-refractivity contribution in [3.63, 3.8) is 0 Å². The molecule has 0 radical (unpaired) electrons. The van der Waals surface area contributed by atoms with Crippen LogP contribution in [0, 0.1) is 5.41 Å². The highest BCUT2D eigenvalue weighted by molar-refractivity contribution is 9.12. The molecule has 1 heterocycles. The molecule has 1 aromatic rings. The third-order valence-electron chi connectivity index (χ3n) is 2.62. The highest BCUT2D eigenvalue weighted by atomic mass is 79.9. The van der Waals surface area contributed by atoms with Gasteiger partial charge in [0, 0.05) is 0 Å². The molecule has 0 aliphatic carbocycles. The Morgan fingerprint density at radius 2 is 2.00 bits per heavy atom. The molecule has 0 aliphatic heterocycles. The minimum absolute atomic E-state index is 0.350. The van der Waals surface area contributed by atoms with Crippen LogP contribution in [0.1, 0.15) is 32.3 Å². The lowest BCUT2D eigenvalue weighted by Gasteiger charge is -2.23. The molecule has 0 unspecified atom stereocenters. The van der Waals surface area contributed by atoms with Crippen LogP contribution in [0.15, 0.2) is 13.6 Å². The van der Waals surface area contributed by atoms with Gasteiger partial charge in [0.25, 0.3) is 0 Å². The standard InChI is InChI=1S/C11H17Br2NS/c1-11(2,5-6-14)4-3-8-7-9(12)15-10(8)13/h7H,3-6,14H2,1-2H3. The van der Waals surface area contributed by atoms with E-state index in [0.717, 1.165) is 19.4 Å². The van der Waals surface area contributed by atoms with Gasteiger partial charge in [-0.05, 0) is 74.7 Å². The van der Waals surface area contributed by atoms with Gasteiger partial charge in [-0.1, -0.05) is 13.8 Å². The van der Waals surface area contributed by atoms with Gasteiger partial charge in [0.15, 0.2) is 0 Å². The molecule has 0 amide bonds. The van der Waals surface area contributed by atoms with Crippen LogP contribution in [-0.2, 0) is 6.42 Å². The summed E-state index contributed by atoms with van der Waals surface area (Å²) in [6.45, 7) is 5.35. The van der Waals surface area contributed by atoms with E-state index in [-0.39, 0.29) is 0 Å². The van der Waals surface area contributed by atoms with Crippen molar-refractivity contribution in [3.05, 3.63) is 19.2 Å². The van der Waals surface area contributed by atoms with Gasteiger partial charge in [-0.2, -0.15) is 0 Å². The Bertz CT molecular complexity index is 320. The summed E-state index contributed by atoms with van der Waals surface area (Å²) in [6, 6.07) is 2.20. The van der Waals surface area contributed by atoms with Crippen LogP contribution in [-0.4, -0.2) is 6.54 Å². The van der Waals surface area contributed by atoms with Gasteiger partial charge >= 0.3 is 0 Å². The third kappa shape index (κ3) is 4.55. The van der Waals surface area contributed by atoms with E-state index in [4.69, 9.17) is 5.73 Å². The summed E-state index contributed by atoms with van der Waals surface area (Å²) in [6.07, 6.45) is 3.40. The fourth-order valence-electron chi connectivity index (χ4n) is 1.53. The van der Waals surface area contributed by atoms with Crippen molar-refractivity contribution in [2.45, 2.75) is 33.1 Å². The monoisotopic (exact) mass is 353 g/mol. The maximum Gasteiger partial charge on any atom is 0.0742 e. The molecule has 15 heavy (non-hydrogen) atoms. The number of hydrogen-bond donors (Lipinski definition) is 1. The average molecular weight is 355 g/mol. The van der Waals surface area contributed by atoms with E-state index in [1.54, 1.807) is 11.3 Å². The Morgan fingerprint density at radius 1 is 1.33 bits per heavy atom. The second-order valence-corrected chi connectivity index (χ2v) is 8.30. The van der Waals surface area contributed by atoms with E-state index in [0.29, 0.717) is 5.41 Å². The van der Waals surface area contributed by atoms with Crippen LogP contribution in [0.3, 0.4) is 0 Å². The topological polar surface area (TPSA) is 26.0 Å². The summed E-state index contributed by atoms with van der Waals surface area (Å²) in [5, 5.41) is 0. The molecule has 0 saturated carbocycles. The molecule has 0 bridgehead atoms. The predicted octanol–water partition coefficient (Wildman–Crippen LogP) is 4.58. The molecule has 0 fully saturated rings. The van der Waals surface area contributed by atoms with Crippen molar-refractivity contribution >= 4 is 43.2 Å². The van der Waals surface area contributed by atoms with Gasteiger partial charge < -0.3 is 5.73 Å². The van der Waals surface area contributed by atoms with Crippen LogP contribution in [0.25, 0.3) is 0 Å². The summed E-state index contributed by atoms with van der Waals surface area (Å²) < 4.78 is 2.44. The van der Waals surface area contributed by atoms with Crippen LogP contribution in [0.5, 0.6) is 0 Å². The fraction of sp³-hybridized carbons (Fsp3) is 0.636.